The van der Waals surface area contributed by atoms with Crippen LogP contribution < -0.4 is 5.32 Å². The summed E-state index contributed by atoms with van der Waals surface area (Å²) in [5.41, 5.74) is 0. The van der Waals surface area contributed by atoms with Gasteiger partial charge in [-0.3, -0.25) is 9.59 Å². The number of aliphatic carboxylic acids is 2. The van der Waals surface area contributed by atoms with E-state index in [1.165, 1.54) is 83.5 Å². The Bertz CT molecular complexity index is 518. The van der Waals surface area contributed by atoms with Crippen LogP contribution in [-0.4, -0.2) is 34.1 Å². The van der Waals surface area contributed by atoms with Crippen LogP contribution in [0.15, 0.2) is 12.2 Å². The van der Waals surface area contributed by atoms with Crippen molar-refractivity contribution in [3.63, 3.8) is 0 Å². The predicted molar refractivity (Wildman–Crippen MR) is 130 cm³/mol. The molecule has 0 aliphatic heterocycles. The Morgan fingerprint density at radius 2 is 1.12 bits per heavy atom. The maximum Gasteiger partial charge on any atom is 0.326 e. The molecule has 3 N–H and O–H groups in total. The van der Waals surface area contributed by atoms with Gasteiger partial charge in [-0.25, -0.2) is 4.79 Å². The van der Waals surface area contributed by atoms with Gasteiger partial charge < -0.3 is 15.5 Å². The third-order valence-corrected chi connectivity index (χ3v) is 5.68. The zero-order chi connectivity index (χ0) is 23.9. The number of carbonyl (C=O) groups is 3. The minimum absolute atomic E-state index is 0.246. The Kier molecular flexibility index (Phi) is 21.1. The minimum atomic E-state index is -1.35. The largest absolute Gasteiger partial charge is 0.481 e. The summed E-state index contributed by atoms with van der Waals surface area (Å²) in [5.74, 6) is -2.94. The van der Waals surface area contributed by atoms with Crippen LogP contribution in [0.25, 0.3) is 0 Å². The molecule has 0 rings (SSSR count). The molecule has 1 unspecified atom stereocenters. The second-order valence-corrected chi connectivity index (χ2v) is 8.80. The van der Waals surface area contributed by atoms with Crippen LogP contribution in [0.1, 0.15) is 129 Å². The first-order chi connectivity index (χ1) is 15.5. The third kappa shape index (κ3) is 21.4. The van der Waals surface area contributed by atoms with Gasteiger partial charge in [0.25, 0.3) is 0 Å². The van der Waals surface area contributed by atoms with Gasteiger partial charge in [-0.2, -0.15) is 0 Å². The first-order valence-electron chi connectivity index (χ1n) is 12.9. The molecule has 0 radical (unpaired) electrons. The lowest BCUT2D eigenvalue weighted by molar-refractivity contribution is -0.147. The number of hydrogen-bond acceptors (Lipinski definition) is 3. The number of rotatable bonds is 23. The van der Waals surface area contributed by atoms with Gasteiger partial charge in [-0.05, 0) is 32.1 Å². The summed E-state index contributed by atoms with van der Waals surface area (Å²) in [6.45, 7) is 2.26. The van der Waals surface area contributed by atoms with Gasteiger partial charge in [0.1, 0.15) is 6.04 Å². The lowest BCUT2D eigenvalue weighted by Gasteiger charge is -2.12. The van der Waals surface area contributed by atoms with Crippen molar-refractivity contribution in [2.45, 2.75) is 135 Å². The lowest BCUT2D eigenvalue weighted by atomic mass is 10.1. The summed E-state index contributed by atoms with van der Waals surface area (Å²) in [6, 6.07) is -1.35. The maximum absolute atomic E-state index is 11.7. The summed E-state index contributed by atoms with van der Waals surface area (Å²) >= 11 is 0. The second-order valence-electron chi connectivity index (χ2n) is 8.80. The van der Waals surface area contributed by atoms with Gasteiger partial charge in [-0.1, -0.05) is 96.1 Å². The fourth-order valence-corrected chi connectivity index (χ4v) is 3.70. The molecule has 0 aromatic heterocycles. The van der Waals surface area contributed by atoms with Gasteiger partial charge in [0.05, 0.1) is 6.42 Å². The van der Waals surface area contributed by atoms with Crippen LogP contribution in [-0.2, 0) is 14.4 Å². The molecule has 1 amide bonds. The molecule has 0 heterocycles. The number of allylic oxidation sites excluding steroid dienone is 2. The Hall–Kier alpha value is -1.85. The standard InChI is InChI=1S/C26H47NO5/c1-2-3-4-5-6-7-8-9-10-11-12-13-14-15-16-17-18-19-20-21-24(28)27-23(26(31)32)22-25(29)30/h9-10,23H,2-8,11-22H2,1H3,(H,27,28)(H,29,30)(H,31,32)/b10-9-. The van der Waals surface area contributed by atoms with E-state index in [4.69, 9.17) is 10.2 Å². The smallest absolute Gasteiger partial charge is 0.326 e. The number of unbranched alkanes of at least 4 members (excludes halogenated alkanes) is 15. The van der Waals surface area contributed by atoms with Gasteiger partial charge in [0.15, 0.2) is 0 Å². The molecule has 0 aromatic carbocycles. The van der Waals surface area contributed by atoms with Crippen molar-refractivity contribution < 1.29 is 24.6 Å². The fraction of sp³-hybridized carbons (Fsp3) is 0.808. The number of carbonyl (C=O) groups excluding carboxylic acids is 1. The number of hydrogen-bond donors (Lipinski definition) is 3. The first-order valence-corrected chi connectivity index (χ1v) is 12.9. The first kappa shape index (κ1) is 30.1. The minimum Gasteiger partial charge on any atom is -0.481 e. The topological polar surface area (TPSA) is 104 Å². The van der Waals surface area contributed by atoms with Crippen molar-refractivity contribution in [3.8, 4) is 0 Å². The number of nitrogens with one attached hydrogen (secondary N) is 1. The van der Waals surface area contributed by atoms with E-state index >= 15 is 0 Å². The van der Waals surface area contributed by atoms with E-state index in [0.717, 1.165) is 19.3 Å². The van der Waals surface area contributed by atoms with Crippen LogP contribution in [0.2, 0.25) is 0 Å². The third-order valence-electron chi connectivity index (χ3n) is 5.68. The van der Waals surface area contributed by atoms with Gasteiger partial charge >= 0.3 is 11.9 Å². The van der Waals surface area contributed by atoms with Gasteiger partial charge in [0, 0.05) is 6.42 Å². The number of amides is 1. The van der Waals surface area contributed by atoms with Gasteiger partial charge in [0.2, 0.25) is 5.91 Å². The number of carboxylic acids is 2. The van der Waals surface area contributed by atoms with Crippen LogP contribution >= 0.6 is 0 Å². The Morgan fingerprint density at radius 3 is 1.56 bits per heavy atom. The molecule has 186 valence electrons. The Balaban J connectivity index is 3.40. The summed E-state index contributed by atoms with van der Waals surface area (Å²) in [5, 5.41) is 19.9. The molecule has 0 aliphatic carbocycles. The highest BCUT2D eigenvalue weighted by molar-refractivity contribution is 5.86. The highest BCUT2D eigenvalue weighted by Gasteiger charge is 2.22. The van der Waals surface area contributed by atoms with Crippen molar-refractivity contribution in [2.24, 2.45) is 0 Å². The second kappa shape index (κ2) is 22.3. The molecule has 0 aliphatic rings. The van der Waals surface area contributed by atoms with Crippen LogP contribution in [0.5, 0.6) is 0 Å². The van der Waals surface area contributed by atoms with Crippen LogP contribution in [0.4, 0.5) is 0 Å². The van der Waals surface area contributed by atoms with Crippen molar-refractivity contribution in [3.05, 3.63) is 12.2 Å². The SMILES string of the molecule is CCCCCCCC/C=C\CCCCCCCCCCCC(=O)NC(CC(=O)O)C(=O)O. The van der Waals surface area contributed by atoms with Crippen molar-refractivity contribution in [2.75, 3.05) is 0 Å². The van der Waals surface area contributed by atoms with E-state index in [2.05, 4.69) is 24.4 Å². The lowest BCUT2D eigenvalue weighted by Crippen LogP contribution is -2.42. The predicted octanol–water partition coefficient (Wildman–Crippen LogP) is 6.63. The molecule has 1 atom stereocenters. The zero-order valence-corrected chi connectivity index (χ0v) is 20.3. The molecule has 0 bridgehead atoms. The number of carboxylic acid groups (broad SMARTS) is 2. The molecule has 0 aromatic rings. The zero-order valence-electron chi connectivity index (χ0n) is 20.3. The summed E-state index contributed by atoms with van der Waals surface area (Å²) in [4.78, 5) is 33.3. The van der Waals surface area contributed by atoms with Crippen molar-refractivity contribution in [1.29, 1.82) is 0 Å². The summed E-state index contributed by atoms with van der Waals surface area (Å²) < 4.78 is 0. The highest BCUT2D eigenvalue weighted by atomic mass is 16.4. The van der Waals surface area contributed by atoms with E-state index < -0.39 is 24.4 Å². The molecule has 0 fully saturated rings. The van der Waals surface area contributed by atoms with E-state index in [-0.39, 0.29) is 12.3 Å². The molecular formula is C26H47NO5. The molecular weight excluding hydrogens is 406 g/mol. The van der Waals surface area contributed by atoms with Crippen LogP contribution in [0, 0.1) is 0 Å². The normalized spacial score (nSPS) is 12.2. The quantitative estimate of drug-likeness (QED) is 0.119. The van der Waals surface area contributed by atoms with Crippen molar-refractivity contribution in [1.82, 2.24) is 5.32 Å². The Labute approximate surface area is 195 Å². The van der Waals surface area contributed by atoms with Crippen molar-refractivity contribution >= 4 is 17.8 Å². The van der Waals surface area contributed by atoms with Gasteiger partial charge in [-0.15, -0.1) is 0 Å². The molecule has 6 heteroatoms. The molecule has 0 saturated heterocycles. The molecule has 0 spiro atoms. The average Bonchev–Trinajstić information content (AvgIpc) is 2.74. The molecule has 0 saturated carbocycles. The molecule has 6 nitrogen and oxygen atoms in total. The van der Waals surface area contributed by atoms with Crippen LogP contribution in [0.3, 0.4) is 0 Å². The Morgan fingerprint density at radius 1 is 0.688 bits per heavy atom. The fourth-order valence-electron chi connectivity index (χ4n) is 3.70. The van der Waals surface area contributed by atoms with E-state index in [9.17, 15) is 14.4 Å². The maximum atomic E-state index is 11.7. The summed E-state index contributed by atoms with van der Waals surface area (Å²) in [7, 11) is 0. The van der Waals surface area contributed by atoms with E-state index in [1.807, 2.05) is 0 Å². The van der Waals surface area contributed by atoms with E-state index in [0.29, 0.717) is 6.42 Å². The molecule has 32 heavy (non-hydrogen) atoms. The van der Waals surface area contributed by atoms with E-state index in [1.54, 1.807) is 0 Å². The monoisotopic (exact) mass is 453 g/mol. The highest BCUT2D eigenvalue weighted by Crippen LogP contribution is 2.12. The average molecular weight is 454 g/mol. The summed E-state index contributed by atoms with van der Waals surface area (Å²) in [6.07, 6.45) is 25.2.